The Balaban J connectivity index is 2.97. The van der Waals surface area contributed by atoms with Gasteiger partial charge in [-0.25, -0.2) is 0 Å². The van der Waals surface area contributed by atoms with Crippen LogP contribution in [0.25, 0.3) is 0 Å². The van der Waals surface area contributed by atoms with E-state index in [1.807, 2.05) is 19.1 Å². The Hall–Kier alpha value is -0.580. The van der Waals surface area contributed by atoms with Gasteiger partial charge in [0.1, 0.15) is 16.6 Å². The molecule has 0 aliphatic rings. The molecule has 64 valence electrons. The minimum absolute atomic E-state index is 0.597. The van der Waals surface area contributed by atoms with Crippen molar-refractivity contribution in [2.24, 2.45) is 0 Å². The second-order valence-electron chi connectivity index (χ2n) is 2.45. The number of benzene rings is 1. The number of hydrogen-bond acceptors (Lipinski definition) is 2. The second kappa shape index (κ2) is 4.45. The molecule has 1 rings (SSSR count). The maximum absolute atomic E-state index is 10.5. The van der Waals surface area contributed by atoms with Crippen LogP contribution in [0.4, 0.5) is 0 Å². The predicted molar refractivity (Wildman–Crippen MR) is 56.1 cm³/mol. The predicted octanol–water partition coefficient (Wildman–Crippen LogP) is 2.58. The molecule has 0 heterocycles. The first-order chi connectivity index (χ1) is 5.76. The summed E-state index contributed by atoms with van der Waals surface area (Å²) in [4.78, 5) is 10.5. The quantitative estimate of drug-likeness (QED) is 0.482. The lowest BCUT2D eigenvalue weighted by atomic mass is 10.1. The molecule has 12 heavy (non-hydrogen) atoms. The van der Waals surface area contributed by atoms with E-state index in [1.165, 1.54) is 0 Å². The molecule has 0 atom stereocenters. The van der Waals surface area contributed by atoms with E-state index in [1.54, 1.807) is 6.07 Å². The third-order valence-corrected chi connectivity index (χ3v) is 1.74. The van der Waals surface area contributed by atoms with Gasteiger partial charge in [0.2, 0.25) is 0 Å². The van der Waals surface area contributed by atoms with Crippen LogP contribution in [0.5, 0.6) is 5.75 Å². The summed E-state index contributed by atoms with van der Waals surface area (Å²) >= 11 is 2.12. The molecule has 1 aromatic rings. The van der Waals surface area contributed by atoms with Gasteiger partial charge in [0, 0.05) is 5.56 Å². The van der Waals surface area contributed by atoms with E-state index in [4.69, 9.17) is 4.74 Å². The minimum Gasteiger partial charge on any atom is -0.483 e. The molecule has 0 spiro atoms. The molecule has 0 aliphatic heterocycles. The molecule has 1 aromatic carbocycles. The zero-order valence-corrected chi connectivity index (χ0v) is 8.87. The van der Waals surface area contributed by atoms with Crippen molar-refractivity contribution in [1.29, 1.82) is 0 Å². The fourth-order valence-corrected chi connectivity index (χ4v) is 1.35. The highest BCUT2D eigenvalue weighted by atomic mass is 127. The van der Waals surface area contributed by atoms with Gasteiger partial charge < -0.3 is 4.74 Å². The summed E-state index contributed by atoms with van der Waals surface area (Å²) in [6.07, 6.45) is 0.826. The summed E-state index contributed by atoms with van der Waals surface area (Å²) in [5.74, 6) is 0.756. The lowest BCUT2D eigenvalue weighted by molar-refractivity contribution is 0.112. The van der Waals surface area contributed by atoms with E-state index >= 15 is 0 Å². The zero-order valence-electron chi connectivity index (χ0n) is 6.71. The van der Waals surface area contributed by atoms with Crippen molar-refractivity contribution in [3.63, 3.8) is 0 Å². The maximum Gasteiger partial charge on any atom is 0.150 e. The van der Waals surface area contributed by atoms with Gasteiger partial charge in [-0.3, -0.25) is 4.79 Å². The highest BCUT2D eigenvalue weighted by Gasteiger charge is 1.97. The number of hydrogen-bond donors (Lipinski definition) is 0. The van der Waals surface area contributed by atoms with Crippen LogP contribution in [-0.4, -0.2) is 10.9 Å². The van der Waals surface area contributed by atoms with Gasteiger partial charge in [-0.2, -0.15) is 0 Å². The van der Waals surface area contributed by atoms with Gasteiger partial charge in [0.15, 0.2) is 0 Å². The minimum atomic E-state index is 0.597. The molecule has 2 nitrogen and oxygen atoms in total. The van der Waals surface area contributed by atoms with Crippen molar-refractivity contribution >= 4 is 28.9 Å². The standard InChI is InChI=1S/C9H9IO2/c1-7-2-8(5-11)4-9(3-7)12-6-10/h2-5H,6H2,1H3. The Labute approximate surface area is 85.1 Å². The Kier molecular flexibility index (Phi) is 3.52. The second-order valence-corrected chi connectivity index (χ2v) is 3.07. The summed E-state index contributed by atoms with van der Waals surface area (Å²) in [5.41, 5.74) is 1.70. The largest absolute Gasteiger partial charge is 0.483 e. The number of aryl methyl sites for hydroxylation is 1. The number of carbonyl (C=O) groups is 1. The average molecular weight is 276 g/mol. The maximum atomic E-state index is 10.5. The molecular formula is C9H9IO2. The van der Waals surface area contributed by atoms with Crippen LogP contribution in [0.15, 0.2) is 18.2 Å². The average Bonchev–Trinajstić information content (AvgIpc) is 2.04. The normalized spacial score (nSPS) is 9.50. The van der Waals surface area contributed by atoms with E-state index in [-0.39, 0.29) is 0 Å². The zero-order chi connectivity index (χ0) is 8.97. The molecule has 0 saturated heterocycles. The first kappa shape index (κ1) is 9.51. The Bertz CT molecular complexity index is 284. The van der Waals surface area contributed by atoms with Crippen molar-refractivity contribution < 1.29 is 9.53 Å². The van der Waals surface area contributed by atoms with Crippen molar-refractivity contribution in [2.75, 3.05) is 4.61 Å². The number of carbonyl (C=O) groups excluding carboxylic acids is 1. The van der Waals surface area contributed by atoms with Crippen LogP contribution in [0.2, 0.25) is 0 Å². The monoisotopic (exact) mass is 276 g/mol. The fourth-order valence-electron chi connectivity index (χ4n) is 0.991. The third kappa shape index (κ3) is 2.48. The molecule has 0 unspecified atom stereocenters. The first-order valence-electron chi connectivity index (χ1n) is 3.52. The smallest absolute Gasteiger partial charge is 0.150 e. The molecule has 0 aliphatic carbocycles. The van der Waals surface area contributed by atoms with Crippen LogP contribution < -0.4 is 4.74 Å². The fraction of sp³-hybridized carbons (Fsp3) is 0.222. The van der Waals surface area contributed by atoms with Crippen LogP contribution in [0.1, 0.15) is 15.9 Å². The van der Waals surface area contributed by atoms with Crippen LogP contribution in [0, 0.1) is 6.92 Å². The van der Waals surface area contributed by atoms with Gasteiger partial charge in [0.05, 0.1) is 0 Å². The molecule has 0 bridgehead atoms. The molecule has 0 fully saturated rings. The van der Waals surface area contributed by atoms with Crippen molar-refractivity contribution in [3.8, 4) is 5.75 Å². The van der Waals surface area contributed by atoms with Crippen molar-refractivity contribution in [1.82, 2.24) is 0 Å². The van der Waals surface area contributed by atoms with Gasteiger partial charge >= 0.3 is 0 Å². The van der Waals surface area contributed by atoms with Crippen LogP contribution >= 0.6 is 22.6 Å². The summed E-state index contributed by atoms with van der Waals surface area (Å²) in [6.45, 7) is 1.94. The van der Waals surface area contributed by atoms with E-state index in [0.717, 1.165) is 17.6 Å². The Morgan fingerprint density at radius 3 is 2.83 bits per heavy atom. The van der Waals surface area contributed by atoms with Gasteiger partial charge in [0.25, 0.3) is 0 Å². The van der Waals surface area contributed by atoms with E-state index in [2.05, 4.69) is 22.6 Å². The Morgan fingerprint density at radius 1 is 1.50 bits per heavy atom. The SMILES string of the molecule is Cc1cc(C=O)cc(OCI)c1. The van der Waals surface area contributed by atoms with E-state index in [0.29, 0.717) is 10.2 Å². The first-order valence-corrected chi connectivity index (χ1v) is 5.04. The van der Waals surface area contributed by atoms with Crippen LogP contribution in [-0.2, 0) is 0 Å². The van der Waals surface area contributed by atoms with Gasteiger partial charge in [-0.05, 0) is 53.3 Å². The molecule has 0 saturated carbocycles. The Morgan fingerprint density at radius 2 is 2.25 bits per heavy atom. The summed E-state index contributed by atoms with van der Waals surface area (Å²) in [5, 5.41) is 0. The van der Waals surface area contributed by atoms with E-state index in [9.17, 15) is 4.79 Å². The summed E-state index contributed by atoms with van der Waals surface area (Å²) < 4.78 is 5.85. The van der Waals surface area contributed by atoms with Crippen molar-refractivity contribution in [3.05, 3.63) is 29.3 Å². The molecular weight excluding hydrogens is 267 g/mol. The number of alkyl halides is 1. The van der Waals surface area contributed by atoms with Gasteiger partial charge in [-0.15, -0.1) is 0 Å². The lowest BCUT2D eigenvalue weighted by Crippen LogP contribution is -1.91. The highest BCUT2D eigenvalue weighted by Crippen LogP contribution is 2.16. The highest BCUT2D eigenvalue weighted by molar-refractivity contribution is 14.1. The molecule has 0 N–H and O–H groups in total. The lowest BCUT2D eigenvalue weighted by Gasteiger charge is -2.03. The molecule has 0 radical (unpaired) electrons. The summed E-state index contributed by atoms with van der Waals surface area (Å²) in [7, 11) is 0. The molecule has 3 heteroatoms. The molecule has 0 aromatic heterocycles. The van der Waals surface area contributed by atoms with E-state index < -0.39 is 0 Å². The topological polar surface area (TPSA) is 26.3 Å². The molecule has 0 amide bonds. The number of rotatable bonds is 3. The summed E-state index contributed by atoms with van der Waals surface area (Å²) in [6, 6.07) is 5.47. The van der Waals surface area contributed by atoms with Crippen LogP contribution in [0.3, 0.4) is 0 Å². The third-order valence-electron chi connectivity index (χ3n) is 1.43. The van der Waals surface area contributed by atoms with Gasteiger partial charge in [-0.1, -0.05) is 0 Å². The number of aldehydes is 1. The van der Waals surface area contributed by atoms with Crippen molar-refractivity contribution in [2.45, 2.75) is 6.92 Å². The number of halogens is 1. The number of ether oxygens (including phenoxy) is 1.